The molecule has 1 N–H and O–H groups in total. The van der Waals surface area contributed by atoms with Gasteiger partial charge in [-0.25, -0.2) is 4.98 Å². The van der Waals surface area contributed by atoms with Crippen molar-refractivity contribution in [3.8, 4) is 6.07 Å². The molecule has 2 heterocycles. The van der Waals surface area contributed by atoms with E-state index in [1.54, 1.807) is 23.6 Å². The van der Waals surface area contributed by atoms with Crippen molar-refractivity contribution in [2.45, 2.75) is 19.8 Å². The lowest BCUT2D eigenvalue weighted by Crippen LogP contribution is -2.07. The number of halogens is 1. The van der Waals surface area contributed by atoms with Gasteiger partial charge in [0.05, 0.1) is 21.8 Å². The van der Waals surface area contributed by atoms with Crippen LogP contribution < -0.4 is 5.32 Å². The molecule has 0 aliphatic carbocycles. The first-order chi connectivity index (χ1) is 11.2. The summed E-state index contributed by atoms with van der Waals surface area (Å²) in [6.45, 7) is 2.83. The van der Waals surface area contributed by atoms with Crippen molar-refractivity contribution in [1.29, 1.82) is 5.26 Å². The highest BCUT2D eigenvalue weighted by Gasteiger charge is 2.09. The van der Waals surface area contributed by atoms with E-state index in [1.807, 2.05) is 18.3 Å². The number of aromatic nitrogens is 2. The molecule has 116 valence electrons. The van der Waals surface area contributed by atoms with Gasteiger partial charge in [-0.2, -0.15) is 5.26 Å². The van der Waals surface area contributed by atoms with E-state index in [0.717, 1.165) is 34.4 Å². The first kappa shape index (κ1) is 15.7. The summed E-state index contributed by atoms with van der Waals surface area (Å²) in [5.74, 6) is 0. The smallest absolute Gasteiger partial charge is 0.103 e. The number of benzene rings is 1. The van der Waals surface area contributed by atoms with Gasteiger partial charge in [0.15, 0.2) is 0 Å². The first-order valence-electron chi connectivity index (χ1n) is 7.37. The van der Waals surface area contributed by atoms with E-state index in [1.165, 1.54) is 4.88 Å². The Hall–Kier alpha value is -2.16. The number of anilines is 1. The van der Waals surface area contributed by atoms with E-state index >= 15 is 0 Å². The second-order valence-corrected chi connectivity index (χ2v) is 6.71. The molecule has 0 saturated heterocycles. The van der Waals surface area contributed by atoms with E-state index in [0.29, 0.717) is 17.1 Å². The quantitative estimate of drug-likeness (QED) is 0.744. The fourth-order valence-electron chi connectivity index (χ4n) is 2.36. The van der Waals surface area contributed by atoms with Gasteiger partial charge in [0.1, 0.15) is 6.07 Å². The molecule has 0 aliphatic rings. The topological polar surface area (TPSA) is 61.6 Å². The number of pyridine rings is 1. The number of thiazole rings is 1. The van der Waals surface area contributed by atoms with Crippen LogP contribution in [0.2, 0.25) is 5.02 Å². The zero-order chi connectivity index (χ0) is 16.2. The van der Waals surface area contributed by atoms with Gasteiger partial charge in [-0.15, -0.1) is 11.3 Å². The third-order valence-electron chi connectivity index (χ3n) is 3.54. The number of hydrogen-bond acceptors (Lipinski definition) is 5. The number of nitriles is 1. The van der Waals surface area contributed by atoms with Gasteiger partial charge in [-0.1, -0.05) is 18.5 Å². The maximum atomic E-state index is 9.33. The van der Waals surface area contributed by atoms with Gasteiger partial charge in [0.2, 0.25) is 0 Å². The lowest BCUT2D eigenvalue weighted by molar-refractivity contribution is 0.997. The van der Waals surface area contributed by atoms with Gasteiger partial charge in [-0.3, -0.25) is 4.98 Å². The Morgan fingerprint density at radius 2 is 2.17 bits per heavy atom. The maximum Gasteiger partial charge on any atom is 0.103 e. The van der Waals surface area contributed by atoms with Crippen LogP contribution in [0, 0.1) is 11.3 Å². The second kappa shape index (κ2) is 6.95. The van der Waals surface area contributed by atoms with Crippen molar-refractivity contribution in [3.63, 3.8) is 0 Å². The third kappa shape index (κ3) is 3.44. The van der Waals surface area contributed by atoms with Crippen LogP contribution in [0.3, 0.4) is 0 Å². The molecule has 0 aliphatic heterocycles. The van der Waals surface area contributed by atoms with Gasteiger partial charge in [0.25, 0.3) is 0 Å². The fourth-order valence-corrected chi connectivity index (χ4v) is 3.40. The minimum Gasteiger partial charge on any atom is -0.383 e. The van der Waals surface area contributed by atoms with Crippen LogP contribution in [0.5, 0.6) is 0 Å². The van der Waals surface area contributed by atoms with E-state index in [2.05, 4.69) is 28.3 Å². The Balaban J connectivity index is 1.83. The minimum absolute atomic E-state index is 0.521. The van der Waals surface area contributed by atoms with E-state index in [9.17, 15) is 5.26 Å². The summed E-state index contributed by atoms with van der Waals surface area (Å²) in [5.41, 5.74) is 2.12. The van der Waals surface area contributed by atoms with Crippen LogP contribution in [0.1, 0.15) is 22.4 Å². The molecule has 2 aromatic heterocycles. The van der Waals surface area contributed by atoms with E-state index in [-0.39, 0.29) is 0 Å². The van der Waals surface area contributed by atoms with Crippen molar-refractivity contribution in [1.82, 2.24) is 9.97 Å². The van der Waals surface area contributed by atoms with E-state index in [4.69, 9.17) is 11.6 Å². The molecule has 0 radical (unpaired) electrons. The summed E-state index contributed by atoms with van der Waals surface area (Å²) >= 11 is 7.82. The fraction of sp³-hybridized carbons (Fsp3) is 0.235. The summed E-state index contributed by atoms with van der Waals surface area (Å²) < 4.78 is 0. The molecule has 0 atom stereocenters. The van der Waals surface area contributed by atoms with Crippen LogP contribution in [-0.4, -0.2) is 16.5 Å². The Morgan fingerprint density at radius 1 is 1.30 bits per heavy atom. The molecule has 3 rings (SSSR count). The number of aryl methyl sites for hydroxylation is 1. The van der Waals surface area contributed by atoms with Crippen molar-refractivity contribution in [2.75, 3.05) is 11.9 Å². The number of nitrogens with one attached hydrogen (secondary N) is 1. The second-order valence-electron chi connectivity index (χ2n) is 5.07. The average Bonchev–Trinajstić information content (AvgIpc) is 3.03. The summed E-state index contributed by atoms with van der Waals surface area (Å²) in [6, 6.07) is 7.69. The van der Waals surface area contributed by atoms with E-state index < -0.39 is 0 Å². The number of nitrogens with zero attached hydrogens (tertiary/aromatic N) is 3. The van der Waals surface area contributed by atoms with Crippen LogP contribution in [0.25, 0.3) is 10.9 Å². The van der Waals surface area contributed by atoms with Crippen molar-refractivity contribution < 1.29 is 0 Å². The Bertz CT molecular complexity index is 882. The number of hydrogen-bond donors (Lipinski definition) is 1. The summed E-state index contributed by atoms with van der Waals surface area (Å²) in [6.07, 6.45) is 5.36. The Kier molecular flexibility index (Phi) is 4.75. The Labute approximate surface area is 143 Å². The largest absolute Gasteiger partial charge is 0.383 e. The summed E-state index contributed by atoms with van der Waals surface area (Å²) in [5, 5.41) is 15.3. The molecule has 4 nitrogen and oxygen atoms in total. The lowest BCUT2D eigenvalue weighted by atomic mass is 10.1. The van der Waals surface area contributed by atoms with Crippen molar-refractivity contribution in [3.05, 3.63) is 51.1 Å². The van der Waals surface area contributed by atoms with Crippen LogP contribution in [0.15, 0.2) is 30.6 Å². The van der Waals surface area contributed by atoms with Crippen LogP contribution in [0.4, 0.5) is 5.69 Å². The highest BCUT2D eigenvalue weighted by molar-refractivity contribution is 7.11. The molecule has 23 heavy (non-hydrogen) atoms. The summed E-state index contributed by atoms with van der Waals surface area (Å²) in [4.78, 5) is 10.0. The molecule has 0 saturated carbocycles. The molecule has 0 spiro atoms. The first-order valence-corrected chi connectivity index (χ1v) is 8.56. The molecule has 0 bridgehead atoms. The number of fused-ring (bicyclic) bond motifs is 1. The molecule has 1 aromatic carbocycles. The predicted molar refractivity (Wildman–Crippen MR) is 95.2 cm³/mol. The highest BCUT2D eigenvalue weighted by atomic mass is 35.5. The molecule has 6 heteroatoms. The normalized spacial score (nSPS) is 10.7. The summed E-state index contributed by atoms with van der Waals surface area (Å²) in [7, 11) is 0. The maximum absolute atomic E-state index is 9.33. The van der Waals surface area contributed by atoms with Crippen LogP contribution in [-0.2, 0) is 12.8 Å². The van der Waals surface area contributed by atoms with Gasteiger partial charge < -0.3 is 5.32 Å². The molecular formula is C17H15ClN4S. The third-order valence-corrected chi connectivity index (χ3v) is 4.98. The Morgan fingerprint density at radius 3 is 2.91 bits per heavy atom. The standard InChI is InChI=1S/C17H15ClN4S/c1-2-13-10-22-16(23-13)5-6-20-17-11(8-19)9-21-15-4-3-12(18)7-14(15)17/h3-4,7,9-10H,2,5-6H2,1H3,(H,20,21). The zero-order valence-corrected chi connectivity index (χ0v) is 14.2. The molecule has 3 aromatic rings. The molecular weight excluding hydrogens is 328 g/mol. The monoisotopic (exact) mass is 342 g/mol. The van der Waals surface area contributed by atoms with Crippen molar-refractivity contribution in [2.24, 2.45) is 0 Å². The molecule has 0 amide bonds. The SMILES string of the molecule is CCc1cnc(CCNc2c(C#N)cnc3ccc(Cl)cc23)s1. The molecule has 0 fully saturated rings. The molecule has 0 unspecified atom stereocenters. The number of rotatable bonds is 5. The van der Waals surface area contributed by atoms with Gasteiger partial charge in [0, 0.05) is 40.6 Å². The van der Waals surface area contributed by atoms with Gasteiger partial charge in [-0.05, 0) is 24.6 Å². The van der Waals surface area contributed by atoms with Gasteiger partial charge >= 0.3 is 0 Å². The zero-order valence-electron chi connectivity index (χ0n) is 12.6. The minimum atomic E-state index is 0.521. The average molecular weight is 343 g/mol. The van der Waals surface area contributed by atoms with Crippen LogP contribution >= 0.6 is 22.9 Å². The predicted octanol–water partition coefficient (Wildman–Crippen LogP) is 4.43. The van der Waals surface area contributed by atoms with Crippen molar-refractivity contribution >= 4 is 39.5 Å². The lowest BCUT2D eigenvalue weighted by Gasteiger charge is -2.11. The highest BCUT2D eigenvalue weighted by Crippen LogP contribution is 2.28.